The summed E-state index contributed by atoms with van der Waals surface area (Å²) in [5.41, 5.74) is 0.501. The standard InChI is InChI=1S/C12H16INO2/c1-3-4-8(2)14-12(16)9-5-6-10(13)11(15)7-9/h5-8,15H,3-4H2,1-2H3,(H,14,16). The molecule has 0 aliphatic heterocycles. The van der Waals surface area contributed by atoms with E-state index in [1.807, 2.05) is 29.5 Å². The fraction of sp³-hybridized carbons (Fsp3) is 0.417. The number of phenols is 1. The van der Waals surface area contributed by atoms with Crippen molar-refractivity contribution in [3.63, 3.8) is 0 Å². The Kier molecular flexibility index (Phi) is 5.05. The molecule has 0 aliphatic carbocycles. The van der Waals surface area contributed by atoms with Gasteiger partial charge in [-0.2, -0.15) is 0 Å². The number of carbonyl (C=O) groups excluding carboxylic acids is 1. The van der Waals surface area contributed by atoms with E-state index < -0.39 is 0 Å². The molecule has 1 rings (SSSR count). The first-order valence-corrected chi connectivity index (χ1v) is 6.41. The van der Waals surface area contributed by atoms with Crippen LogP contribution in [0.5, 0.6) is 5.75 Å². The van der Waals surface area contributed by atoms with Gasteiger partial charge in [-0.25, -0.2) is 0 Å². The van der Waals surface area contributed by atoms with Crippen molar-refractivity contribution in [3.05, 3.63) is 27.3 Å². The van der Waals surface area contributed by atoms with Crippen molar-refractivity contribution in [3.8, 4) is 5.75 Å². The lowest BCUT2D eigenvalue weighted by Crippen LogP contribution is -2.32. The van der Waals surface area contributed by atoms with E-state index in [0.29, 0.717) is 5.56 Å². The van der Waals surface area contributed by atoms with Gasteiger partial charge in [0.05, 0.1) is 3.57 Å². The number of phenolic OH excluding ortho intramolecular Hbond substituents is 1. The Morgan fingerprint density at radius 3 is 2.81 bits per heavy atom. The van der Waals surface area contributed by atoms with Crippen LogP contribution >= 0.6 is 22.6 Å². The topological polar surface area (TPSA) is 49.3 Å². The fourth-order valence-corrected chi connectivity index (χ4v) is 1.80. The highest BCUT2D eigenvalue weighted by Crippen LogP contribution is 2.20. The maximum absolute atomic E-state index is 11.8. The second-order valence-electron chi connectivity index (χ2n) is 3.83. The molecule has 1 aromatic rings. The van der Waals surface area contributed by atoms with Gasteiger partial charge in [-0.05, 0) is 54.1 Å². The van der Waals surface area contributed by atoms with Gasteiger partial charge in [0.2, 0.25) is 0 Å². The molecule has 4 heteroatoms. The van der Waals surface area contributed by atoms with Crippen LogP contribution in [-0.2, 0) is 0 Å². The van der Waals surface area contributed by atoms with Crippen LogP contribution in [0.2, 0.25) is 0 Å². The molecule has 0 fully saturated rings. The summed E-state index contributed by atoms with van der Waals surface area (Å²) in [5, 5.41) is 12.4. The van der Waals surface area contributed by atoms with Crippen LogP contribution in [0.4, 0.5) is 0 Å². The smallest absolute Gasteiger partial charge is 0.251 e. The number of nitrogens with one attached hydrogen (secondary N) is 1. The van der Waals surface area contributed by atoms with Crippen LogP contribution in [0.3, 0.4) is 0 Å². The predicted octanol–water partition coefficient (Wildman–Crippen LogP) is 2.92. The number of rotatable bonds is 4. The van der Waals surface area contributed by atoms with Gasteiger partial charge >= 0.3 is 0 Å². The predicted molar refractivity (Wildman–Crippen MR) is 72.7 cm³/mol. The molecule has 3 nitrogen and oxygen atoms in total. The maximum atomic E-state index is 11.8. The Labute approximate surface area is 109 Å². The van der Waals surface area contributed by atoms with Crippen LogP contribution in [-0.4, -0.2) is 17.1 Å². The van der Waals surface area contributed by atoms with E-state index in [-0.39, 0.29) is 17.7 Å². The summed E-state index contributed by atoms with van der Waals surface area (Å²) in [7, 11) is 0. The third-order valence-electron chi connectivity index (χ3n) is 2.31. The second-order valence-corrected chi connectivity index (χ2v) is 4.99. The highest BCUT2D eigenvalue weighted by Gasteiger charge is 2.10. The molecule has 1 amide bonds. The van der Waals surface area contributed by atoms with Crippen LogP contribution in [0.1, 0.15) is 37.0 Å². The van der Waals surface area contributed by atoms with E-state index in [1.54, 1.807) is 12.1 Å². The quantitative estimate of drug-likeness (QED) is 0.833. The molecule has 0 radical (unpaired) electrons. The lowest BCUT2D eigenvalue weighted by Gasteiger charge is -2.12. The monoisotopic (exact) mass is 333 g/mol. The van der Waals surface area contributed by atoms with E-state index in [4.69, 9.17) is 0 Å². The molecule has 0 bridgehead atoms. The van der Waals surface area contributed by atoms with Gasteiger partial charge in [-0.1, -0.05) is 13.3 Å². The maximum Gasteiger partial charge on any atom is 0.251 e. The third-order valence-corrected chi connectivity index (χ3v) is 3.22. The Morgan fingerprint density at radius 2 is 2.25 bits per heavy atom. The van der Waals surface area contributed by atoms with Crippen molar-refractivity contribution in [1.82, 2.24) is 5.32 Å². The zero-order valence-corrected chi connectivity index (χ0v) is 11.6. The molecule has 2 N–H and O–H groups in total. The Balaban J connectivity index is 2.69. The molecule has 88 valence electrons. The minimum absolute atomic E-state index is 0.132. The van der Waals surface area contributed by atoms with Gasteiger partial charge in [-0.3, -0.25) is 4.79 Å². The first-order valence-electron chi connectivity index (χ1n) is 5.34. The van der Waals surface area contributed by atoms with Crippen molar-refractivity contribution in [1.29, 1.82) is 0 Å². The SMILES string of the molecule is CCCC(C)NC(=O)c1ccc(I)c(O)c1. The van der Waals surface area contributed by atoms with Crippen molar-refractivity contribution in [2.24, 2.45) is 0 Å². The first-order chi connectivity index (χ1) is 7.54. The number of amides is 1. The Morgan fingerprint density at radius 1 is 1.56 bits per heavy atom. The van der Waals surface area contributed by atoms with E-state index in [1.165, 1.54) is 6.07 Å². The summed E-state index contributed by atoms with van der Waals surface area (Å²) in [6.07, 6.45) is 2.00. The van der Waals surface area contributed by atoms with Crippen molar-refractivity contribution in [2.45, 2.75) is 32.7 Å². The molecule has 16 heavy (non-hydrogen) atoms. The molecular weight excluding hydrogens is 317 g/mol. The van der Waals surface area contributed by atoms with Crippen LogP contribution in [0.15, 0.2) is 18.2 Å². The van der Waals surface area contributed by atoms with Crippen LogP contribution in [0.25, 0.3) is 0 Å². The molecule has 0 aliphatic rings. The number of halogens is 1. The fourth-order valence-electron chi connectivity index (χ4n) is 1.47. The zero-order chi connectivity index (χ0) is 12.1. The number of carbonyl (C=O) groups is 1. The van der Waals surface area contributed by atoms with Gasteiger partial charge in [0.25, 0.3) is 5.91 Å². The highest BCUT2D eigenvalue weighted by atomic mass is 127. The minimum Gasteiger partial charge on any atom is -0.507 e. The summed E-state index contributed by atoms with van der Waals surface area (Å²) in [6, 6.07) is 5.11. The third kappa shape index (κ3) is 3.66. The van der Waals surface area contributed by atoms with Gasteiger partial charge in [0, 0.05) is 11.6 Å². The first kappa shape index (κ1) is 13.3. The van der Waals surface area contributed by atoms with Crippen molar-refractivity contribution >= 4 is 28.5 Å². The molecule has 1 aromatic carbocycles. The van der Waals surface area contributed by atoms with Crippen molar-refractivity contribution < 1.29 is 9.90 Å². The summed E-state index contributed by atoms with van der Waals surface area (Å²) < 4.78 is 0.746. The largest absolute Gasteiger partial charge is 0.507 e. The molecule has 1 unspecified atom stereocenters. The minimum atomic E-state index is -0.132. The van der Waals surface area contributed by atoms with Gasteiger partial charge in [0.1, 0.15) is 5.75 Å². The van der Waals surface area contributed by atoms with Crippen LogP contribution < -0.4 is 5.32 Å². The zero-order valence-electron chi connectivity index (χ0n) is 9.46. The Bertz CT molecular complexity index is 379. The van der Waals surface area contributed by atoms with Crippen molar-refractivity contribution in [2.75, 3.05) is 0 Å². The second kappa shape index (κ2) is 6.08. The average molecular weight is 333 g/mol. The average Bonchev–Trinajstić information content (AvgIpc) is 2.22. The highest BCUT2D eigenvalue weighted by molar-refractivity contribution is 14.1. The normalized spacial score (nSPS) is 12.2. The molecule has 0 spiro atoms. The molecular formula is C12H16INO2. The summed E-state index contributed by atoms with van der Waals surface area (Å²) in [5.74, 6) is 0.0176. The van der Waals surface area contributed by atoms with E-state index in [2.05, 4.69) is 12.2 Å². The lowest BCUT2D eigenvalue weighted by atomic mass is 10.1. The summed E-state index contributed by atoms with van der Waals surface area (Å²) >= 11 is 2.02. The molecule has 1 atom stereocenters. The number of benzene rings is 1. The molecule has 0 saturated heterocycles. The molecule has 0 aromatic heterocycles. The lowest BCUT2D eigenvalue weighted by molar-refractivity contribution is 0.0938. The molecule has 0 heterocycles. The van der Waals surface area contributed by atoms with Gasteiger partial charge in [0.15, 0.2) is 0 Å². The van der Waals surface area contributed by atoms with E-state index in [9.17, 15) is 9.90 Å². The number of aromatic hydroxyl groups is 1. The van der Waals surface area contributed by atoms with Crippen LogP contribution in [0, 0.1) is 3.57 Å². The Hall–Kier alpha value is -0.780. The summed E-state index contributed by atoms with van der Waals surface area (Å²) in [4.78, 5) is 11.8. The van der Waals surface area contributed by atoms with Gasteiger partial charge < -0.3 is 10.4 Å². The number of hydrogen-bond acceptors (Lipinski definition) is 2. The number of hydrogen-bond donors (Lipinski definition) is 2. The van der Waals surface area contributed by atoms with Gasteiger partial charge in [-0.15, -0.1) is 0 Å². The molecule has 0 saturated carbocycles. The summed E-state index contributed by atoms with van der Waals surface area (Å²) in [6.45, 7) is 4.06. The van der Waals surface area contributed by atoms with E-state index in [0.717, 1.165) is 16.4 Å². The van der Waals surface area contributed by atoms with E-state index >= 15 is 0 Å².